The first-order valence-electron chi connectivity index (χ1n) is 4.38. The SMILES string of the molecule is O=c1cc(C(F)(F)F)[nH]c2cc(Cl)cc(Cl)c12. The Balaban J connectivity index is 2.87. The third kappa shape index (κ3) is 2.25. The van der Waals surface area contributed by atoms with Gasteiger partial charge in [-0.05, 0) is 12.1 Å². The summed E-state index contributed by atoms with van der Waals surface area (Å²) in [4.78, 5) is 13.6. The van der Waals surface area contributed by atoms with Gasteiger partial charge in [0.2, 0.25) is 0 Å². The van der Waals surface area contributed by atoms with E-state index in [1.165, 1.54) is 12.1 Å². The Morgan fingerprint density at radius 2 is 1.76 bits per heavy atom. The molecule has 0 fully saturated rings. The first-order chi connectivity index (χ1) is 7.79. The Bertz CT molecular complexity index is 648. The largest absolute Gasteiger partial charge is 0.431 e. The molecule has 0 atom stereocenters. The van der Waals surface area contributed by atoms with E-state index in [1.54, 1.807) is 0 Å². The van der Waals surface area contributed by atoms with Crippen molar-refractivity contribution in [3.05, 3.63) is 44.2 Å². The van der Waals surface area contributed by atoms with Gasteiger partial charge in [-0.2, -0.15) is 13.2 Å². The van der Waals surface area contributed by atoms with Crippen molar-refractivity contribution in [1.82, 2.24) is 4.98 Å². The van der Waals surface area contributed by atoms with Gasteiger partial charge in [-0.3, -0.25) is 4.79 Å². The third-order valence-corrected chi connectivity index (χ3v) is 2.67. The summed E-state index contributed by atoms with van der Waals surface area (Å²) in [7, 11) is 0. The summed E-state index contributed by atoms with van der Waals surface area (Å²) in [6.07, 6.45) is -4.62. The fourth-order valence-electron chi connectivity index (χ4n) is 1.46. The van der Waals surface area contributed by atoms with Crippen molar-refractivity contribution in [3.63, 3.8) is 0 Å². The number of fused-ring (bicyclic) bond motifs is 1. The third-order valence-electron chi connectivity index (χ3n) is 2.15. The van der Waals surface area contributed by atoms with Crippen LogP contribution >= 0.6 is 23.2 Å². The van der Waals surface area contributed by atoms with Crippen LogP contribution in [-0.2, 0) is 6.18 Å². The van der Waals surface area contributed by atoms with E-state index < -0.39 is 17.3 Å². The van der Waals surface area contributed by atoms with E-state index in [-0.39, 0.29) is 20.9 Å². The smallest absolute Gasteiger partial charge is 0.351 e. The number of benzene rings is 1. The summed E-state index contributed by atoms with van der Waals surface area (Å²) in [5.41, 5.74) is -1.97. The summed E-state index contributed by atoms with van der Waals surface area (Å²) in [5, 5.41) is 0.156. The van der Waals surface area contributed by atoms with E-state index in [9.17, 15) is 18.0 Å². The highest BCUT2D eigenvalue weighted by atomic mass is 35.5. The Kier molecular flexibility index (Phi) is 2.83. The van der Waals surface area contributed by atoms with E-state index >= 15 is 0 Å². The maximum atomic E-state index is 12.5. The number of alkyl halides is 3. The first-order valence-corrected chi connectivity index (χ1v) is 5.14. The number of halogens is 5. The topological polar surface area (TPSA) is 32.9 Å². The number of aromatic nitrogens is 1. The second-order valence-corrected chi connectivity index (χ2v) is 4.20. The fraction of sp³-hybridized carbons (Fsp3) is 0.100. The molecule has 0 aliphatic carbocycles. The summed E-state index contributed by atoms with van der Waals surface area (Å²) in [6.45, 7) is 0. The van der Waals surface area contributed by atoms with E-state index in [0.29, 0.717) is 6.07 Å². The minimum absolute atomic E-state index is 0.0101. The number of aromatic amines is 1. The van der Waals surface area contributed by atoms with Crippen molar-refractivity contribution in [2.24, 2.45) is 0 Å². The van der Waals surface area contributed by atoms with Crippen LogP contribution in [-0.4, -0.2) is 4.98 Å². The van der Waals surface area contributed by atoms with Crippen LogP contribution in [0.25, 0.3) is 10.9 Å². The zero-order valence-electron chi connectivity index (χ0n) is 8.03. The molecule has 0 amide bonds. The van der Waals surface area contributed by atoms with Crippen LogP contribution in [0.15, 0.2) is 23.0 Å². The van der Waals surface area contributed by atoms with Gasteiger partial charge in [0.05, 0.1) is 15.9 Å². The molecule has 0 saturated heterocycles. The van der Waals surface area contributed by atoms with E-state index in [2.05, 4.69) is 4.98 Å². The number of rotatable bonds is 0. The van der Waals surface area contributed by atoms with Crippen molar-refractivity contribution in [2.75, 3.05) is 0 Å². The molecule has 90 valence electrons. The molecule has 2 rings (SSSR count). The molecule has 0 radical (unpaired) electrons. The van der Waals surface area contributed by atoms with Crippen molar-refractivity contribution < 1.29 is 13.2 Å². The highest BCUT2D eigenvalue weighted by Gasteiger charge is 2.32. The molecule has 0 unspecified atom stereocenters. The molecule has 1 aromatic carbocycles. The van der Waals surface area contributed by atoms with Gasteiger partial charge in [-0.1, -0.05) is 23.2 Å². The molecule has 1 N–H and O–H groups in total. The molecule has 0 aliphatic heterocycles. The second kappa shape index (κ2) is 3.92. The summed E-state index contributed by atoms with van der Waals surface area (Å²) >= 11 is 11.4. The predicted octanol–water partition coefficient (Wildman–Crippen LogP) is 3.85. The summed E-state index contributed by atoms with van der Waals surface area (Å²) in [6, 6.07) is 3.00. The van der Waals surface area contributed by atoms with E-state index in [0.717, 1.165) is 0 Å². The van der Waals surface area contributed by atoms with Crippen LogP contribution in [0.5, 0.6) is 0 Å². The van der Waals surface area contributed by atoms with Crippen LogP contribution in [0.2, 0.25) is 10.0 Å². The molecule has 0 saturated carbocycles. The zero-order valence-corrected chi connectivity index (χ0v) is 9.54. The normalized spacial score (nSPS) is 12.1. The van der Waals surface area contributed by atoms with Crippen molar-refractivity contribution in [2.45, 2.75) is 6.18 Å². The van der Waals surface area contributed by atoms with Crippen molar-refractivity contribution in [3.8, 4) is 0 Å². The lowest BCUT2D eigenvalue weighted by Crippen LogP contribution is -2.14. The number of hydrogen-bond donors (Lipinski definition) is 1. The molecule has 0 spiro atoms. The van der Waals surface area contributed by atoms with Gasteiger partial charge in [0.15, 0.2) is 5.43 Å². The Hall–Kier alpha value is -1.20. The van der Waals surface area contributed by atoms with Crippen LogP contribution < -0.4 is 5.43 Å². The maximum absolute atomic E-state index is 12.5. The van der Waals surface area contributed by atoms with Gasteiger partial charge >= 0.3 is 6.18 Å². The van der Waals surface area contributed by atoms with Crippen LogP contribution in [0.3, 0.4) is 0 Å². The molecule has 0 aliphatic rings. The highest BCUT2D eigenvalue weighted by Crippen LogP contribution is 2.30. The average molecular weight is 282 g/mol. The van der Waals surface area contributed by atoms with Crippen LogP contribution in [0.4, 0.5) is 13.2 Å². The van der Waals surface area contributed by atoms with Crippen LogP contribution in [0.1, 0.15) is 5.69 Å². The van der Waals surface area contributed by atoms with Gasteiger partial charge in [0, 0.05) is 11.1 Å². The Labute approximate surface area is 103 Å². The molecule has 0 bridgehead atoms. The van der Waals surface area contributed by atoms with Gasteiger partial charge in [0.1, 0.15) is 5.69 Å². The lowest BCUT2D eigenvalue weighted by atomic mass is 10.2. The first kappa shape index (κ1) is 12.3. The predicted molar refractivity (Wildman–Crippen MR) is 59.6 cm³/mol. The minimum atomic E-state index is -4.62. The molecule has 1 heterocycles. The van der Waals surface area contributed by atoms with Crippen molar-refractivity contribution >= 4 is 34.1 Å². The van der Waals surface area contributed by atoms with E-state index in [4.69, 9.17) is 23.2 Å². The van der Waals surface area contributed by atoms with Gasteiger partial charge in [-0.15, -0.1) is 0 Å². The lowest BCUT2D eigenvalue weighted by molar-refractivity contribution is -0.141. The number of H-pyrrole nitrogens is 1. The second-order valence-electron chi connectivity index (χ2n) is 3.36. The quantitative estimate of drug-likeness (QED) is 0.782. The summed E-state index contributed by atoms with van der Waals surface area (Å²) in [5.74, 6) is 0. The van der Waals surface area contributed by atoms with Gasteiger partial charge < -0.3 is 4.98 Å². The van der Waals surface area contributed by atoms with Gasteiger partial charge in [-0.25, -0.2) is 0 Å². The molecule has 17 heavy (non-hydrogen) atoms. The average Bonchev–Trinajstić information content (AvgIpc) is 2.13. The zero-order chi connectivity index (χ0) is 12.8. The van der Waals surface area contributed by atoms with E-state index in [1.807, 2.05) is 0 Å². The van der Waals surface area contributed by atoms with Gasteiger partial charge in [0.25, 0.3) is 0 Å². The standard InChI is InChI=1S/C10H4Cl2F3NO/c11-4-1-5(12)9-6(2-4)16-8(3-7(9)17)10(13,14)15/h1-3H,(H,16,17). The molecule has 2 aromatic rings. The molecule has 7 heteroatoms. The Morgan fingerprint density at radius 3 is 2.35 bits per heavy atom. The summed E-state index contributed by atoms with van der Waals surface area (Å²) < 4.78 is 37.4. The molecular weight excluding hydrogens is 278 g/mol. The fourth-order valence-corrected chi connectivity index (χ4v) is 2.05. The minimum Gasteiger partial charge on any atom is -0.351 e. The number of hydrogen-bond acceptors (Lipinski definition) is 1. The maximum Gasteiger partial charge on any atom is 0.431 e. The van der Waals surface area contributed by atoms with Crippen LogP contribution in [0, 0.1) is 0 Å². The lowest BCUT2D eigenvalue weighted by Gasteiger charge is -2.08. The number of nitrogens with one attached hydrogen (secondary N) is 1. The highest BCUT2D eigenvalue weighted by molar-refractivity contribution is 6.38. The van der Waals surface area contributed by atoms with Crippen molar-refractivity contribution in [1.29, 1.82) is 0 Å². The molecular formula is C10H4Cl2F3NO. The monoisotopic (exact) mass is 281 g/mol. The molecule has 1 aromatic heterocycles. The number of pyridine rings is 1. The Morgan fingerprint density at radius 1 is 1.12 bits per heavy atom. The molecule has 2 nitrogen and oxygen atoms in total.